The van der Waals surface area contributed by atoms with Crippen molar-refractivity contribution in [2.75, 3.05) is 6.61 Å². The van der Waals surface area contributed by atoms with E-state index in [4.69, 9.17) is 5.11 Å². The molecule has 0 amide bonds. The zero-order valence-corrected chi connectivity index (χ0v) is 7.93. The predicted octanol–water partition coefficient (Wildman–Crippen LogP) is 2.23. The highest BCUT2D eigenvalue weighted by molar-refractivity contribution is 5.34. The van der Waals surface area contributed by atoms with Crippen LogP contribution in [0, 0.1) is 17.6 Å². The lowest BCUT2D eigenvalue weighted by atomic mass is 9.95. The topological polar surface area (TPSA) is 20.2 Å². The lowest BCUT2D eigenvalue weighted by Crippen LogP contribution is -2.09. The minimum absolute atomic E-state index is 0.0628. The van der Waals surface area contributed by atoms with Crippen LogP contribution in [0.3, 0.4) is 0 Å². The molecule has 1 fully saturated rings. The van der Waals surface area contributed by atoms with E-state index in [-0.39, 0.29) is 17.9 Å². The van der Waals surface area contributed by atoms with E-state index in [1.54, 1.807) is 0 Å². The normalized spacial score (nSPS) is 30.4. The molecule has 0 bridgehead atoms. The molecule has 1 saturated carbocycles. The number of rotatable bonds is 2. The van der Waals surface area contributed by atoms with E-state index in [1.165, 1.54) is 12.1 Å². The first-order valence-electron chi connectivity index (χ1n) is 4.64. The summed E-state index contributed by atoms with van der Waals surface area (Å²) in [5.74, 6) is -0.957. The third-order valence-electron chi connectivity index (χ3n) is 3.18. The monoisotopic (exact) mass is 198 g/mol. The van der Waals surface area contributed by atoms with Gasteiger partial charge in [-0.15, -0.1) is 0 Å². The second-order valence-electron chi connectivity index (χ2n) is 4.13. The zero-order valence-electron chi connectivity index (χ0n) is 7.93. The first-order chi connectivity index (χ1) is 6.58. The summed E-state index contributed by atoms with van der Waals surface area (Å²) in [4.78, 5) is 0. The van der Waals surface area contributed by atoms with Crippen molar-refractivity contribution in [1.82, 2.24) is 0 Å². The van der Waals surface area contributed by atoms with Gasteiger partial charge in [0.15, 0.2) is 0 Å². The quantitative estimate of drug-likeness (QED) is 0.772. The summed E-state index contributed by atoms with van der Waals surface area (Å²) < 4.78 is 26.0. The molecule has 3 heteroatoms. The third-order valence-corrected chi connectivity index (χ3v) is 3.18. The first kappa shape index (κ1) is 9.59. The van der Waals surface area contributed by atoms with E-state index in [2.05, 4.69) is 0 Å². The number of benzene rings is 1. The van der Waals surface area contributed by atoms with Gasteiger partial charge in [-0.1, -0.05) is 13.0 Å². The molecule has 1 nitrogen and oxygen atoms in total. The Kier molecular flexibility index (Phi) is 2.07. The lowest BCUT2D eigenvalue weighted by molar-refractivity contribution is 0.265. The van der Waals surface area contributed by atoms with E-state index in [1.807, 2.05) is 6.92 Å². The molecule has 14 heavy (non-hydrogen) atoms. The average Bonchev–Trinajstić information content (AvgIpc) is 2.77. The lowest BCUT2D eigenvalue weighted by Gasteiger charge is -2.11. The van der Waals surface area contributed by atoms with Crippen molar-refractivity contribution in [3.63, 3.8) is 0 Å². The van der Waals surface area contributed by atoms with Crippen LogP contribution in [-0.2, 0) is 5.41 Å². The molecule has 0 spiro atoms. The Hall–Kier alpha value is -0.960. The molecule has 0 saturated heterocycles. The Morgan fingerprint density at radius 3 is 2.71 bits per heavy atom. The molecule has 1 aliphatic rings. The van der Waals surface area contributed by atoms with Gasteiger partial charge in [0.2, 0.25) is 0 Å². The molecule has 76 valence electrons. The highest BCUT2D eigenvalue weighted by atomic mass is 19.1. The summed E-state index contributed by atoms with van der Waals surface area (Å²) in [5.41, 5.74) is 0.213. The standard InChI is InChI=1S/C11H12F2O/c1-11(5-7(11)6-14)9-3-2-8(12)4-10(9)13/h2-4,7,14H,5-6H2,1H3. The van der Waals surface area contributed by atoms with Crippen LogP contribution in [0.2, 0.25) is 0 Å². The van der Waals surface area contributed by atoms with Gasteiger partial charge in [0.05, 0.1) is 0 Å². The molecule has 1 N–H and O–H groups in total. The number of aliphatic hydroxyl groups is 1. The molecule has 1 aromatic carbocycles. The minimum Gasteiger partial charge on any atom is -0.396 e. The fourth-order valence-corrected chi connectivity index (χ4v) is 2.00. The fourth-order valence-electron chi connectivity index (χ4n) is 2.00. The van der Waals surface area contributed by atoms with Crippen molar-refractivity contribution >= 4 is 0 Å². The van der Waals surface area contributed by atoms with E-state index in [0.29, 0.717) is 5.56 Å². The number of aliphatic hydroxyl groups excluding tert-OH is 1. The Balaban J connectivity index is 2.34. The fraction of sp³-hybridized carbons (Fsp3) is 0.455. The molecule has 2 unspecified atom stereocenters. The molecule has 1 aliphatic carbocycles. The van der Waals surface area contributed by atoms with Crippen molar-refractivity contribution in [1.29, 1.82) is 0 Å². The van der Waals surface area contributed by atoms with Gasteiger partial charge < -0.3 is 5.11 Å². The van der Waals surface area contributed by atoms with Crippen LogP contribution in [0.15, 0.2) is 18.2 Å². The highest BCUT2D eigenvalue weighted by Gasteiger charge is 2.51. The Bertz CT molecular complexity index is 364. The second kappa shape index (κ2) is 3.02. The maximum atomic E-state index is 13.4. The van der Waals surface area contributed by atoms with Crippen LogP contribution in [-0.4, -0.2) is 11.7 Å². The molecular formula is C11H12F2O. The summed E-state index contributed by atoms with van der Waals surface area (Å²) in [6, 6.07) is 3.63. The summed E-state index contributed by atoms with van der Waals surface area (Å²) in [6.45, 7) is 1.96. The van der Waals surface area contributed by atoms with Crippen LogP contribution >= 0.6 is 0 Å². The average molecular weight is 198 g/mol. The Morgan fingerprint density at radius 2 is 2.21 bits per heavy atom. The second-order valence-corrected chi connectivity index (χ2v) is 4.13. The van der Waals surface area contributed by atoms with Gasteiger partial charge >= 0.3 is 0 Å². The molecule has 0 aromatic heterocycles. The SMILES string of the molecule is CC1(c2ccc(F)cc2F)CC1CO. The van der Waals surface area contributed by atoms with Gasteiger partial charge in [-0.05, 0) is 24.0 Å². The van der Waals surface area contributed by atoms with Crippen LogP contribution in [0.4, 0.5) is 8.78 Å². The van der Waals surface area contributed by atoms with E-state index in [0.717, 1.165) is 12.5 Å². The van der Waals surface area contributed by atoms with Gasteiger partial charge in [0, 0.05) is 18.1 Å². The molecule has 1 aromatic rings. The number of hydrogen-bond acceptors (Lipinski definition) is 1. The number of hydrogen-bond donors (Lipinski definition) is 1. The van der Waals surface area contributed by atoms with Gasteiger partial charge in [0.25, 0.3) is 0 Å². The van der Waals surface area contributed by atoms with Crippen LogP contribution in [0.1, 0.15) is 18.9 Å². The minimum atomic E-state index is -0.559. The van der Waals surface area contributed by atoms with Crippen LogP contribution in [0.25, 0.3) is 0 Å². The van der Waals surface area contributed by atoms with Crippen molar-refractivity contribution < 1.29 is 13.9 Å². The molecule has 0 aliphatic heterocycles. The maximum Gasteiger partial charge on any atom is 0.129 e. The van der Waals surface area contributed by atoms with Crippen LogP contribution in [0.5, 0.6) is 0 Å². The van der Waals surface area contributed by atoms with E-state index >= 15 is 0 Å². The van der Waals surface area contributed by atoms with Crippen molar-refractivity contribution in [3.05, 3.63) is 35.4 Å². The van der Waals surface area contributed by atoms with Gasteiger partial charge in [0.1, 0.15) is 11.6 Å². The molecule has 0 heterocycles. The van der Waals surface area contributed by atoms with Crippen molar-refractivity contribution in [2.24, 2.45) is 5.92 Å². The number of halogens is 2. The van der Waals surface area contributed by atoms with E-state index < -0.39 is 11.6 Å². The van der Waals surface area contributed by atoms with Crippen LogP contribution < -0.4 is 0 Å². The van der Waals surface area contributed by atoms with Gasteiger partial charge in [-0.25, -0.2) is 8.78 Å². The van der Waals surface area contributed by atoms with E-state index in [9.17, 15) is 8.78 Å². The first-order valence-corrected chi connectivity index (χ1v) is 4.64. The molecular weight excluding hydrogens is 186 g/mol. The Morgan fingerprint density at radius 1 is 1.50 bits per heavy atom. The van der Waals surface area contributed by atoms with Crippen molar-refractivity contribution in [2.45, 2.75) is 18.8 Å². The smallest absolute Gasteiger partial charge is 0.129 e. The largest absolute Gasteiger partial charge is 0.396 e. The summed E-state index contributed by atoms with van der Waals surface area (Å²) in [5, 5.41) is 8.95. The van der Waals surface area contributed by atoms with Gasteiger partial charge in [-0.3, -0.25) is 0 Å². The summed E-state index contributed by atoms with van der Waals surface area (Å²) >= 11 is 0. The third kappa shape index (κ3) is 1.32. The molecule has 2 atom stereocenters. The Labute approximate surface area is 81.4 Å². The zero-order chi connectivity index (χ0) is 10.3. The summed E-state index contributed by atoms with van der Waals surface area (Å²) in [6.07, 6.45) is 0.770. The summed E-state index contributed by atoms with van der Waals surface area (Å²) in [7, 11) is 0. The maximum absolute atomic E-state index is 13.4. The molecule has 2 rings (SSSR count). The highest BCUT2D eigenvalue weighted by Crippen LogP contribution is 2.54. The van der Waals surface area contributed by atoms with Crippen molar-refractivity contribution in [3.8, 4) is 0 Å². The molecule has 0 radical (unpaired) electrons. The predicted molar refractivity (Wildman–Crippen MR) is 48.9 cm³/mol. The van der Waals surface area contributed by atoms with Gasteiger partial charge in [-0.2, -0.15) is 0 Å².